The topological polar surface area (TPSA) is 29.9 Å². The van der Waals surface area contributed by atoms with E-state index in [-0.39, 0.29) is 5.82 Å². The monoisotopic (exact) mass is 259 g/mol. The number of aryl methyl sites for hydroxylation is 2. The fourth-order valence-electron chi connectivity index (χ4n) is 2.32. The van der Waals surface area contributed by atoms with Gasteiger partial charge >= 0.3 is 0 Å². The predicted molar refractivity (Wildman–Crippen MR) is 72.9 cm³/mol. The quantitative estimate of drug-likeness (QED) is 0.915. The fourth-order valence-corrected chi connectivity index (χ4v) is 2.32. The molecule has 1 heterocycles. The van der Waals surface area contributed by atoms with Crippen molar-refractivity contribution in [3.8, 4) is 5.69 Å². The Balaban J connectivity index is 1.96. The molecule has 0 saturated heterocycles. The van der Waals surface area contributed by atoms with Crippen LogP contribution in [0.5, 0.6) is 0 Å². The molecule has 0 bridgehead atoms. The zero-order chi connectivity index (χ0) is 13.4. The molecule has 0 unspecified atom stereocenters. The Morgan fingerprint density at radius 2 is 2.11 bits per heavy atom. The van der Waals surface area contributed by atoms with Crippen molar-refractivity contribution in [3.63, 3.8) is 0 Å². The largest absolute Gasteiger partial charge is 0.310 e. The number of hydrogen-bond donors (Lipinski definition) is 1. The Hall–Kier alpha value is -1.68. The molecule has 3 rings (SSSR count). The van der Waals surface area contributed by atoms with Crippen molar-refractivity contribution in [2.45, 2.75) is 39.3 Å². The first-order valence-corrected chi connectivity index (χ1v) is 6.69. The van der Waals surface area contributed by atoms with Gasteiger partial charge in [0.05, 0.1) is 11.4 Å². The zero-order valence-corrected chi connectivity index (χ0v) is 11.3. The van der Waals surface area contributed by atoms with Crippen LogP contribution in [0.25, 0.3) is 5.69 Å². The number of benzene rings is 1. The number of rotatable bonds is 4. The molecule has 1 saturated carbocycles. The average Bonchev–Trinajstić information content (AvgIpc) is 3.12. The van der Waals surface area contributed by atoms with E-state index in [9.17, 15) is 4.39 Å². The smallest absolute Gasteiger partial charge is 0.123 e. The number of aromatic nitrogens is 2. The second-order valence-electron chi connectivity index (χ2n) is 5.27. The summed E-state index contributed by atoms with van der Waals surface area (Å²) in [6, 6.07) is 7.53. The molecule has 1 N–H and O–H groups in total. The maximum atomic E-state index is 13.5. The molecule has 0 spiro atoms. The molecule has 100 valence electrons. The number of nitrogens with one attached hydrogen (secondary N) is 1. The van der Waals surface area contributed by atoms with E-state index < -0.39 is 0 Å². The molecule has 0 aliphatic heterocycles. The minimum Gasteiger partial charge on any atom is -0.310 e. The van der Waals surface area contributed by atoms with Gasteiger partial charge in [-0.15, -0.1) is 0 Å². The van der Waals surface area contributed by atoms with Crippen LogP contribution in [0.2, 0.25) is 0 Å². The molecule has 1 aliphatic rings. The average molecular weight is 259 g/mol. The highest BCUT2D eigenvalue weighted by molar-refractivity contribution is 5.42. The second kappa shape index (κ2) is 4.78. The molecule has 0 amide bonds. The maximum absolute atomic E-state index is 13.5. The standard InChI is InChI=1S/C15H18FN3/c1-10-7-11(2)19(18-10)15-6-3-13(16)8-12(15)9-17-14-4-5-14/h3,6-8,14,17H,4-5,9H2,1-2H3. The van der Waals surface area contributed by atoms with Gasteiger partial charge in [0.15, 0.2) is 0 Å². The van der Waals surface area contributed by atoms with E-state index in [0.29, 0.717) is 12.6 Å². The van der Waals surface area contributed by atoms with Crippen LogP contribution in [-0.2, 0) is 6.54 Å². The van der Waals surface area contributed by atoms with Crippen LogP contribution < -0.4 is 5.32 Å². The van der Waals surface area contributed by atoms with E-state index in [4.69, 9.17) is 0 Å². The molecule has 1 aromatic heterocycles. The van der Waals surface area contributed by atoms with E-state index in [1.165, 1.54) is 18.9 Å². The number of halogens is 1. The Labute approximate surface area is 112 Å². The summed E-state index contributed by atoms with van der Waals surface area (Å²) in [5, 5.41) is 7.91. The van der Waals surface area contributed by atoms with Gasteiger partial charge in [0, 0.05) is 18.3 Å². The molecular formula is C15H18FN3. The summed E-state index contributed by atoms with van der Waals surface area (Å²) >= 11 is 0. The lowest BCUT2D eigenvalue weighted by Gasteiger charge is -2.12. The minimum absolute atomic E-state index is 0.196. The molecule has 4 heteroatoms. The third-order valence-corrected chi connectivity index (χ3v) is 3.44. The van der Waals surface area contributed by atoms with Crippen molar-refractivity contribution in [2.24, 2.45) is 0 Å². The molecule has 1 aromatic carbocycles. The van der Waals surface area contributed by atoms with Crippen LogP contribution in [0.1, 0.15) is 29.8 Å². The van der Waals surface area contributed by atoms with Crippen molar-refractivity contribution >= 4 is 0 Å². The summed E-state index contributed by atoms with van der Waals surface area (Å²) in [7, 11) is 0. The fraction of sp³-hybridized carbons (Fsp3) is 0.400. The van der Waals surface area contributed by atoms with Gasteiger partial charge in [0.2, 0.25) is 0 Å². The Morgan fingerprint density at radius 1 is 1.32 bits per heavy atom. The van der Waals surface area contributed by atoms with Crippen LogP contribution in [0.4, 0.5) is 4.39 Å². The molecule has 0 radical (unpaired) electrons. The molecule has 1 fully saturated rings. The van der Waals surface area contributed by atoms with Gasteiger partial charge in [-0.3, -0.25) is 0 Å². The Bertz CT molecular complexity index is 599. The summed E-state index contributed by atoms with van der Waals surface area (Å²) in [6.45, 7) is 4.67. The molecule has 3 nitrogen and oxygen atoms in total. The molecule has 2 aromatic rings. The minimum atomic E-state index is -0.196. The van der Waals surface area contributed by atoms with Gasteiger partial charge < -0.3 is 5.32 Å². The third-order valence-electron chi connectivity index (χ3n) is 3.44. The first-order valence-electron chi connectivity index (χ1n) is 6.69. The highest BCUT2D eigenvalue weighted by Crippen LogP contribution is 2.22. The highest BCUT2D eigenvalue weighted by atomic mass is 19.1. The summed E-state index contributed by atoms with van der Waals surface area (Å²) in [4.78, 5) is 0. The zero-order valence-electron chi connectivity index (χ0n) is 11.3. The van der Waals surface area contributed by atoms with Gasteiger partial charge in [-0.05, 0) is 56.5 Å². The lowest BCUT2D eigenvalue weighted by molar-refractivity contribution is 0.616. The van der Waals surface area contributed by atoms with Crippen molar-refractivity contribution in [2.75, 3.05) is 0 Å². The van der Waals surface area contributed by atoms with Crippen molar-refractivity contribution in [3.05, 3.63) is 47.0 Å². The van der Waals surface area contributed by atoms with E-state index in [1.54, 1.807) is 12.1 Å². The lowest BCUT2D eigenvalue weighted by Crippen LogP contribution is -2.17. The third kappa shape index (κ3) is 2.68. The van der Waals surface area contributed by atoms with Crippen LogP contribution in [0.3, 0.4) is 0 Å². The van der Waals surface area contributed by atoms with Gasteiger partial charge in [-0.1, -0.05) is 0 Å². The maximum Gasteiger partial charge on any atom is 0.123 e. The summed E-state index contributed by atoms with van der Waals surface area (Å²) in [5.74, 6) is -0.196. The van der Waals surface area contributed by atoms with Gasteiger partial charge in [-0.25, -0.2) is 9.07 Å². The van der Waals surface area contributed by atoms with Gasteiger partial charge in [0.1, 0.15) is 5.82 Å². The van der Waals surface area contributed by atoms with E-state index in [0.717, 1.165) is 22.6 Å². The van der Waals surface area contributed by atoms with E-state index >= 15 is 0 Å². The highest BCUT2D eigenvalue weighted by Gasteiger charge is 2.21. The summed E-state index contributed by atoms with van der Waals surface area (Å²) in [5.41, 5.74) is 3.96. The summed E-state index contributed by atoms with van der Waals surface area (Å²) < 4.78 is 15.3. The Morgan fingerprint density at radius 3 is 2.74 bits per heavy atom. The number of nitrogens with zero attached hydrogens (tertiary/aromatic N) is 2. The first-order chi connectivity index (χ1) is 9.13. The first kappa shape index (κ1) is 12.4. The van der Waals surface area contributed by atoms with E-state index in [1.807, 2.05) is 24.6 Å². The lowest BCUT2D eigenvalue weighted by atomic mass is 10.1. The number of hydrogen-bond acceptors (Lipinski definition) is 2. The predicted octanol–water partition coefficient (Wildman–Crippen LogP) is 2.88. The molecular weight excluding hydrogens is 241 g/mol. The van der Waals surface area contributed by atoms with Gasteiger partial charge in [0.25, 0.3) is 0 Å². The summed E-state index contributed by atoms with van der Waals surface area (Å²) in [6.07, 6.45) is 2.45. The van der Waals surface area contributed by atoms with Crippen LogP contribution in [0.15, 0.2) is 24.3 Å². The van der Waals surface area contributed by atoms with Crippen LogP contribution in [-0.4, -0.2) is 15.8 Å². The van der Waals surface area contributed by atoms with Gasteiger partial charge in [-0.2, -0.15) is 5.10 Å². The Kier molecular flexibility index (Phi) is 3.11. The van der Waals surface area contributed by atoms with Crippen LogP contribution in [0, 0.1) is 19.7 Å². The molecule has 1 aliphatic carbocycles. The second-order valence-corrected chi connectivity index (χ2v) is 5.27. The van der Waals surface area contributed by atoms with Crippen molar-refractivity contribution in [1.29, 1.82) is 0 Å². The SMILES string of the molecule is Cc1cc(C)n(-c2ccc(F)cc2CNC2CC2)n1. The molecule has 0 atom stereocenters. The van der Waals surface area contributed by atoms with Crippen molar-refractivity contribution in [1.82, 2.24) is 15.1 Å². The normalized spacial score (nSPS) is 14.9. The van der Waals surface area contributed by atoms with Crippen molar-refractivity contribution < 1.29 is 4.39 Å². The molecule has 19 heavy (non-hydrogen) atoms. The van der Waals surface area contributed by atoms with E-state index in [2.05, 4.69) is 10.4 Å². The van der Waals surface area contributed by atoms with Crippen LogP contribution >= 0.6 is 0 Å².